The third-order valence-corrected chi connectivity index (χ3v) is 5.61. The first-order chi connectivity index (χ1) is 16.1. The minimum Gasteiger partial charge on any atom is -0.497 e. The fraction of sp³-hybridized carbons (Fsp3) is 0.231. The van der Waals surface area contributed by atoms with E-state index in [1.165, 1.54) is 0 Å². The number of nitrogens with zero attached hydrogens (tertiary/aromatic N) is 2. The maximum Gasteiger partial charge on any atom is 0.324 e. The van der Waals surface area contributed by atoms with Crippen molar-refractivity contribution in [1.29, 1.82) is 0 Å². The van der Waals surface area contributed by atoms with E-state index in [0.717, 1.165) is 23.4 Å². The summed E-state index contributed by atoms with van der Waals surface area (Å²) in [7, 11) is 3.22. The van der Waals surface area contributed by atoms with E-state index in [9.17, 15) is 9.59 Å². The molecular formula is C26H27N3O4. The van der Waals surface area contributed by atoms with Crippen molar-refractivity contribution in [1.82, 2.24) is 4.90 Å². The normalized spacial score (nSPS) is 13.6. The number of nitrogens with one attached hydrogen (secondary N) is 1. The Labute approximate surface area is 193 Å². The van der Waals surface area contributed by atoms with Gasteiger partial charge in [0.1, 0.15) is 11.5 Å². The summed E-state index contributed by atoms with van der Waals surface area (Å²) in [5, 5.41) is 2.88. The molecule has 0 unspecified atom stereocenters. The quantitative estimate of drug-likeness (QED) is 0.568. The van der Waals surface area contributed by atoms with Crippen molar-refractivity contribution in [2.75, 3.05) is 37.5 Å². The van der Waals surface area contributed by atoms with E-state index in [1.807, 2.05) is 53.4 Å². The van der Waals surface area contributed by atoms with E-state index in [1.54, 1.807) is 43.4 Å². The molecule has 0 bridgehead atoms. The highest BCUT2D eigenvalue weighted by atomic mass is 16.5. The number of carbonyl (C=O) groups is 2. The lowest BCUT2D eigenvalue weighted by Gasteiger charge is -2.35. The Morgan fingerprint density at radius 1 is 0.909 bits per heavy atom. The van der Waals surface area contributed by atoms with Gasteiger partial charge in [0.15, 0.2) is 0 Å². The molecule has 0 aromatic heterocycles. The van der Waals surface area contributed by atoms with Gasteiger partial charge in [0.25, 0.3) is 5.91 Å². The van der Waals surface area contributed by atoms with Crippen LogP contribution in [0.2, 0.25) is 0 Å². The van der Waals surface area contributed by atoms with Crippen LogP contribution in [0.4, 0.5) is 16.2 Å². The highest BCUT2D eigenvalue weighted by Crippen LogP contribution is 2.24. The Balaban J connectivity index is 1.40. The summed E-state index contributed by atoms with van der Waals surface area (Å²) >= 11 is 0. The number of carbonyl (C=O) groups excluding carboxylic acids is 2. The Hall–Kier alpha value is -4.00. The van der Waals surface area contributed by atoms with Crippen molar-refractivity contribution in [3.8, 4) is 11.5 Å². The number of methoxy groups -OCH3 is 2. The molecule has 170 valence electrons. The summed E-state index contributed by atoms with van der Waals surface area (Å²) in [6.45, 7) is 1.90. The van der Waals surface area contributed by atoms with Gasteiger partial charge >= 0.3 is 6.03 Å². The molecule has 1 N–H and O–H groups in total. The van der Waals surface area contributed by atoms with Crippen molar-refractivity contribution in [2.45, 2.75) is 13.0 Å². The van der Waals surface area contributed by atoms with Gasteiger partial charge in [0.05, 0.1) is 14.2 Å². The molecule has 0 radical (unpaired) electrons. The van der Waals surface area contributed by atoms with Crippen molar-refractivity contribution in [3.63, 3.8) is 0 Å². The molecule has 4 rings (SSSR count). The number of hydrogen-bond donors (Lipinski definition) is 1. The molecule has 0 spiro atoms. The standard InChI is InChI=1S/C26H27N3O4/c1-32-23-13-7-20(8-14-23)25(30)27-21-9-11-22(12-10-21)29-16-4-15-28(26(29)31)18-19-5-3-6-24(17-19)33-2/h3,5-14,17H,4,15-16,18H2,1-2H3,(H,27,30). The third-order valence-electron chi connectivity index (χ3n) is 5.61. The molecule has 7 heteroatoms. The molecule has 1 saturated heterocycles. The van der Waals surface area contributed by atoms with E-state index in [2.05, 4.69) is 5.32 Å². The number of urea groups is 1. The van der Waals surface area contributed by atoms with E-state index < -0.39 is 0 Å². The molecule has 1 heterocycles. The van der Waals surface area contributed by atoms with Crippen LogP contribution in [0.3, 0.4) is 0 Å². The van der Waals surface area contributed by atoms with E-state index in [4.69, 9.17) is 9.47 Å². The fourth-order valence-corrected chi connectivity index (χ4v) is 3.83. The predicted octanol–water partition coefficient (Wildman–Crippen LogP) is 4.79. The minimum absolute atomic E-state index is 0.0286. The summed E-state index contributed by atoms with van der Waals surface area (Å²) < 4.78 is 10.4. The van der Waals surface area contributed by atoms with Gasteiger partial charge in [-0.3, -0.25) is 9.69 Å². The number of hydrogen-bond acceptors (Lipinski definition) is 4. The van der Waals surface area contributed by atoms with E-state index in [0.29, 0.717) is 36.6 Å². The summed E-state index contributed by atoms with van der Waals surface area (Å²) in [6, 6.07) is 22.0. The van der Waals surface area contributed by atoms with Crippen LogP contribution in [-0.2, 0) is 6.54 Å². The highest BCUT2D eigenvalue weighted by molar-refractivity contribution is 6.04. The molecule has 0 aliphatic carbocycles. The van der Waals surface area contributed by atoms with E-state index >= 15 is 0 Å². The first-order valence-corrected chi connectivity index (χ1v) is 10.8. The fourth-order valence-electron chi connectivity index (χ4n) is 3.83. The molecule has 3 aromatic carbocycles. The van der Waals surface area contributed by atoms with Crippen molar-refractivity contribution < 1.29 is 19.1 Å². The molecule has 1 aliphatic rings. The molecular weight excluding hydrogens is 418 g/mol. The Morgan fingerprint density at radius 2 is 1.64 bits per heavy atom. The van der Waals surface area contributed by atoms with Gasteiger partial charge < -0.3 is 19.7 Å². The third kappa shape index (κ3) is 5.26. The number of anilines is 2. The maximum absolute atomic E-state index is 13.1. The molecule has 7 nitrogen and oxygen atoms in total. The smallest absolute Gasteiger partial charge is 0.324 e. The highest BCUT2D eigenvalue weighted by Gasteiger charge is 2.26. The number of benzene rings is 3. The Kier molecular flexibility index (Phi) is 6.78. The van der Waals surface area contributed by atoms with Crippen LogP contribution in [0.1, 0.15) is 22.3 Å². The Bertz CT molecular complexity index is 1110. The largest absolute Gasteiger partial charge is 0.497 e. The second-order valence-corrected chi connectivity index (χ2v) is 7.79. The zero-order chi connectivity index (χ0) is 23.2. The SMILES string of the molecule is COc1ccc(C(=O)Nc2ccc(N3CCCN(Cc4cccc(OC)c4)C3=O)cc2)cc1. The molecule has 3 aromatic rings. The monoisotopic (exact) mass is 445 g/mol. The molecule has 33 heavy (non-hydrogen) atoms. The summed E-state index contributed by atoms with van der Waals surface area (Å²) in [4.78, 5) is 29.2. The first kappa shape index (κ1) is 22.2. The zero-order valence-electron chi connectivity index (χ0n) is 18.8. The van der Waals surface area contributed by atoms with Crippen LogP contribution in [-0.4, -0.2) is 44.1 Å². The van der Waals surface area contributed by atoms with Gasteiger partial charge in [-0.15, -0.1) is 0 Å². The average molecular weight is 446 g/mol. The van der Waals surface area contributed by atoms with Gasteiger partial charge in [0, 0.05) is 36.6 Å². The summed E-state index contributed by atoms with van der Waals surface area (Å²) in [6.07, 6.45) is 0.881. The van der Waals surface area contributed by atoms with Gasteiger partial charge in [-0.1, -0.05) is 12.1 Å². The van der Waals surface area contributed by atoms with Gasteiger partial charge in [-0.25, -0.2) is 4.79 Å². The summed E-state index contributed by atoms with van der Waals surface area (Å²) in [5.41, 5.74) is 3.04. The number of amides is 3. The average Bonchev–Trinajstić information content (AvgIpc) is 2.86. The second-order valence-electron chi connectivity index (χ2n) is 7.79. The molecule has 0 saturated carbocycles. The number of ether oxygens (including phenoxy) is 2. The van der Waals surface area contributed by atoms with E-state index in [-0.39, 0.29) is 11.9 Å². The Morgan fingerprint density at radius 3 is 2.33 bits per heavy atom. The maximum atomic E-state index is 13.1. The van der Waals surface area contributed by atoms with Crippen LogP contribution >= 0.6 is 0 Å². The van der Waals surface area contributed by atoms with Crippen LogP contribution in [0.15, 0.2) is 72.8 Å². The van der Waals surface area contributed by atoms with Crippen molar-refractivity contribution in [3.05, 3.63) is 83.9 Å². The van der Waals surface area contributed by atoms with Gasteiger partial charge in [-0.2, -0.15) is 0 Å². The molecule has 1 fully saturated rings. The van der Waals surface area contributed by atoms with Crippen LogP contribution in [0.5, 0.6) is 11.5 Å². The van der Waals surface area contributed by atoms with Crippen molar-refractivity contribution >= 4 is 23.3 Å². The first-order valence-electron chi connectivity index (χ1n) is 10.8. The van der Waals surface area contributed by atoms with Crippen LogP contribution in [0.25, 0.3) is 0 Å². The predicted molar refractivity (Wildman–Crippen MR) is 128 cm³/mol. The zero-order valence-corrected chi connectivity index (χ0v) is 18.8. The topological polar surface area (TPSA) is 71.1 Å². The lowest BCUT2D eigenvalue weighted by Crippen LogP contribution is -2.49. The lowest BCUT2D eigenvalue weighted by atomic mass is 10.1. The van der Waals surface area contributed by atoms with Crippen molar-refractivity contribution in [2.24, 2.45) is 0 Å². The van der Waals surface area contributed by atoms with Gasteiger partial charge in [-0.05, 0) is 72.6 Å². The van der Waals surface area contributed by atoms with Crippen LogP contribution in [0, 0.1) is 0 Å². The lowest BCUT2D eigenvalue weighted by molar-refractivity contribution is 0.102. The number of rotatable bonds is 7. The second kappa shape index (κ2) is 10.1. The molecule has 0 atom stereocenters. The van der Waals surface area contributed by atoms with Gasteiger partial charge in [0.2, 0.25) is 0 Å². The molecule has 1 aliphatic heterocycles. The molecule has 3 amide bonds. The minimum atomic E-state index is -0.205. The van der Waals surface area contributed by atoms with Crippen LogP contribution < -0.4 is 19.7 Å². The summed E-state index contributed by atoms with van der Waals surface area (Å²) in [5.74, 6) is 1.27.